The number of benzene rings is 1. The van der Waals surface area contributed by atoms with E-state index in [-0.39, 0.29) is 24.6 Å². The van der Waals surface area contributed by atoms with E-state index in [0.717, 1.165) is 30.2 Å². The number of hydrogen-bond acceptors (Lipinski definition) is 7. The van der Waals surface area contributed by atoms with E-state index in [9.17, 15) is 8.42 Å². The third-order valence-electron chi connectivity index (χ3n) is 4.75. The van der Waals surface area contributed by atoms with Gasteiger partial charge in [-0.2, -0.15) is 0 Å². The van der Waals surface area contributed by atoms with Gasteiger partial charge in [0.1, 0.15) is 0 Å². The van der Waals surface area contributed by atoms with Gasteiger partial charge in [0.05, 0.1) is 17.5 Å². The Kier molecular flexibility index (Phi) is 3.92. The Labute approximate surface area is 135 Å². The van der Waals surface area contributed by atoms with Crippen LogP contribution < -0.4 is 25.6 Å². The van der Waals surface area contributed by atoms with Crippen molar-refractivity contribution in [3.05, 3.63) is 23.8 Å². The van der Waals surface area contributed by atoms with Crippen molar-refractivity contribution in [1.82, 2.24) is 16.2 Å². The van der Waals surface area contributed by atoms with Gasteiger partial charge in [-0.3, -0.25) is 5.43 Å². The lowest BCUT2D eigenvalue weighted by atomic mass is 9.94. The summed E-state index contributed by atoms with van der Waals surface area (Å²) in [7, 11) is -2.84. The molecule has 7 nitrogen and oxygen atoms in total. The van der Waals surface area contributed by atoms with Crippen LogP contribution >= 0.6 is 0 Å². The second kappa shape index (κ2) is 5.94. The van der Waals surface area contributed by atoms with Crippen LogP contribution in [-0.2, 0) is 9.84 Å². The van der Waals surface area contributed by atoms with E-state index in [4.69, 9.17) is 9.47 Å². The van der Waals surface area contributed by atoms with Crippen LogP contribution in [0, 0.1) is 5.92 Å². The highest BCUT2D eigenvalue weighted by Gasteiger charge is 2.32. The first-order chi connectivity index (χ1) is 11.1. The Bertz CT molecular complexity index is 694. The first kappa shape index (κ1) is 15.2. The molecule has 0 amide bonds. The summed E-state index contributed by atoms with van der Waals surface area (Å²) < 4.78 is 33.9. The Morgan fingerprint density at radius 2 is 2.13 bits per heavy atom. The van der Waals surface area contributed by atoms with Gasteiger partial charge in [0.2, 0.25) is 6.79 Å². The molecule has 4 rings (SSSR count). The molecule has 2 fully saturated rings. The fraction of sp³-hybridized carbons (Fsp3) is 0.600. The summed E-state index contributed by atoms with van der Waals surface area (Å²) >= 11 is 0. The summed E-state index contributed by atoms with van der Waals surface area (Å²) in [6, 6.07) is 6.24. The Balaban J connectivity index is 1.41. The van der Waals surface area contributed by atoms with E-state index in [1.54, 1.807) is 0 Å². The molecule has 0 spiro atoms. The molecule has 0 aliphatic carbocycles. The number of fused-ring (bicyclic) bond motifs is 1. The van der Waals surface area contributed by atoms with Gasteiger partial charge in [-0.15, -0.1) is 0 Å². The van der Waals surface area contributed by atoms with Gasteiger partial charge in [0.25, 0.3) is 0 Å². The Morgan fingerprint density at radius 1 is 1.26 bits per heavy atom. The molecule has 23 heavy (non-hydrogen) atoms. The van der Waals surface area contributed by atoms with Crippen LogP contribution in [0.5, 0.6) is 11.5 Å². The summed E-state index contributed by atoms with van der Waals surface area (Å²) in [5.74, 6) is 2.47. The highest BCUT2D eigenvalue weighted by atomic mass is 32.2. The topological polar surface area (TPSA) is 88.7 Å². The molecule has 2 saturated heterocycles. The lowest BCUT2D eigenvalue weighted by Crippen LogP contribution is -2.36. The summed E-state index contributed by atoms with van der Waals surface area (Å²) in [6.07, 6.45) is 0.713. The molecule has 1 aromatic rings. The molecule has 0 bridgehead atoms. The molecule has 3 unspecified atom stereocenters. The second-order valence-corrected chi connectivity index (χ2v) is 8.61. The summed E-state index contributed by atoms with van der Waals surface area (Å²) in [4.78, 5) is 0. The average molecular weight is 339 g/mol. The van der Waals surface area contributed by atoms with Crippen molar-refractivity contribution in [3.63, 3.8) is 0 Å². The highest BCUT2D eigenvalue weighted by molar-refractivity contribution is 7.91. The Hall–Kier alpha value is -1.35. The van der Waals surface area contributed by atoms with Crippen LogP contribution in [0.4, 0.5) is 0 Å². The fourth-order valence-electron chi connectivity index (χ4n) is 3.46. The lowest BCUT2D eigenvalue weighted by molar-refractivity contribution is 0.174. The van der Waals surface area contributed by atoms with Crippen molar-refractivity contribution < 1.29 is 17.9 Å². The van der Waals surface area contributed by atoms with E-state index in [0.29, 0.717) is 18.1 Å². The van der Waals surface area contributed by atoms with Gasteiger partial charge in [-0.05, 0) is 24.1 Å². The van der Waals surface area contributed by atoms with Gasteiger partial charge in [-0.25, -0.2) is 13.8 Å². The van der Waals surface area contributed by atoms with Crippen LogP contribution in [-0.4, -0.2) is 45.8 Å². The SMILES string of the molecule is O=S1(=O)CCC(NCC2CNNC2c2ccc3c(c2)OCO3)C1. The maximum atomic E-state index is 11.5. The van der Waals surface area contributed by atoms with E-state index >= 15 is 0 Å². The van der Waals surface area contributed by atoms with E-state index in [1.807, 2.05) is 18.2 Å². The van der Waals surface area contributed by atoms with E-state index < -0.39 is 9.84 Å². The third kappa shape index (κ3) is 3.16. The van der Waals surface area contributed by atoms with Gasteiger partial charge >= 0.3 is 0 Å². The highest BCUT2D eigenvalue weighted by Crippen LogP contribution is 2.36. The number of ether oxygens (including phenoxy) is 2. The normalized spacial score (nSPS) is 31.6. The van der Waals surface area contributed by atoms with Crippen LogP contribution in [0.1, 0.15) is 18.0 Å². The van der Waals surface area contributed by atoms with Crippen molar-refractivity contribution in [2.24, 2.45) is 5.92 Å². The smallest absolute Gasteiger partial charge is 0.231 e. The first-order valence-corrected chi connectivity index (χ1v) is 9.75. The van der Waals surface area contributed by atoms with Gasteiger partial charge < -0.3 is 14.8 Å². The van der Waals surface area contributed by atoms with Gasteiger partial charge in [-0.1, -0.05) is 6.07 Å². The molecule has 3 N–H and O–H groups in total. The van der Waals surface area contributed by atoms with Crippen molar-refractivity contribution in [2.45, 2.75) is 18.5 Å². The minimum absolute atomic E-state index is 0.0815. The zero-order valence-electron chi connectivity index (χ0n) is 12.7. The zero-order chi connectivity index (χ0) is 15.9. The number of rotatable bonds is 4. The molecule has 3 atom stereocenters. The minimum Gasteiger partial charge on any atom is -0.454 e. The van der Waals surface area contributed by atoms with Gasteiger partial charge in [0, 0.05) is 25.0 Å². The standard InChI is InChI=1S/C15H21N3O4S/c19-23(20)4-3-12(8-23)16-6-11-7-17-18-15(11)10-1-2-13-14(5-10)22-9-21-13/h1-2,5,11-12,15-18H,3-4,6-9H2. The van der Waals surface area contributed by atoms with Crippen molar-refractivity contribution in [3.8, 4) is 11.5 Å². The van der Waals surface area contributed by atoms with Crippen LogP contribution in [0.15, 0.2) is 18.2 Å². The Morgan fingerprint density at radius 3 is 2.96 bits per heavy atom. The van der Waals surface area contributed by atoms with Gasteiger partial charge in [0.15, 0.2) is 21.3 Å². The fourth-order valence-corrected chi connectivity index (χ4v) is 5.17. The van der Waals surface area contributed by atoms with E-state index in [2.05, 4.69) is 16.2 Å². The largest absolute Gasteiger partial charge is 0.454 e. The van der Waals surface area contributed by atoms with Crippen LogP contribution in [0.2, 0.25) is 0 Å². The lowest BCUT2D eigenvalue weighted by Gasteiger charge is -2.21. The molecule has 0 aromatic heterocycles. The molecule has 3 aliphatic heterocycles. The predicted molar refractivity (Wildman–Crippen MR) is 85.0 cm³/mol. The summed E-state index contributed by atoms with van der Waals surface area (Å²) in [6.45, 7) is 1.89. The summed E-state index contributed by atoms with van der Waals surface area (Å²) in [5, 5.41) is 3.42. The molecule has 3 aliphatic rings. The number of nitrogens with one attached hydrogen (secondary N) is 3. The number of hydrazine groups is 1. The molecule has 3 heterocycles. The van der Waals surface area contributed by atoms with Crippen LogP contribution in [0.3, 0.4) is 0 Å². The number of hydrogen-bond donors (Lipinski definition) is 3. The molecule has 126 valence electrons. The third-order valence-corrected chi connectivity index (χ3v) is 6.52. The maximum absolute atomic E-state index is 11.5. The van der Waals surface area contributed by atoms with Crippen LogP contribution in [0.25, 0.3) is 0 Å². The predicted octanol–water partition coefficient (Wildman–Crippen LogP) is -0.0429. The first-order valence-electron chi connectivity index (χ1n) is 7.92. The van der Waals surface area contributed by atoms with E-state index in [1.165, 1.54) is 0 Å². The molecule has 8 heteroatoms. The molecular formula is C15H21N3O4S. The minimum atomic E-state index is -2.84. The zero-order valence-corrected chi connectivity index (χ0v) is 13.6. The quantitative estimate of drug-likeness (QED) is 0.709. The summed E-state index contributed by atoms with van der Waals surface area (Å²) in [5.41, 5.74) is 7.64. The molecule has 0 radical (unpaired) electrons. The van der Waals surface area contributed by atoms with Crippen molar-refractivity contribution in [2.75, 3.05) is 31.4 Å². The van der Waals surface area contributed by atoms with Crippen molar-refractivity contribution in [1.29, 1.82) is 0 Å². The molecule has 1 aromatic carbocycles. The molecular weight excluding hydrogens is 318 g/mol. The monoisotopic (exact) mass is 339 g/mol. The maximum Gasteiger partial charge on any atom is 0.231 e. The molecule has 0 saturated carbocycles. The van der Waals surface area contributed by atoms with Crippen molar-refractivity contribution >= 4 is 9.84 Å². The average Bonchev–Trinajstić information content (AvgIpc) is 3.23. The second-order valence-electron chi connectivity index (χ2n) is 6.38. The number of sulfone groups is 1.